The number of ether oxygens (including phenoxy) is 1. The van der Waals surface area contributed by atoms with Gasteiger partial charge in [0.1, 0.15) is 11.8 Å². The molecular weight excluding hydrogens is 566 g/mol. The minimum absolute atomic E-state index is 0.0669. The first-order valence-electron chi connectivity index (χ1n) is 13.5. The van der Waals surface area contributed by atoms with Gasteiger partial charge < -0.3 is 24.6 Å². The molecule has 1 spiro atoms. The molecule has 3 aromatic rings. The minimum Gasteiger partial charge on any atom is -0.465 e. The number of hydrogen-bond donors (Lipinski definition) is 3. The van der Waals surface area contributed by atoms with Crippen molar-refractivity contribution >= 4 is 47.0 Å². The van der Waals surface area contributed by atoms with Crippen LogP contribution in [0.1, 0.15) is 52.6 Å². The summed E-state index contributed by atoms with van der Waals surface area (Å²) in [6.45, 7) is 0.364. The van der Waals surface area contributed by atoms with E-state index in [1.54, 1.807) is 23.1 Å². The second kappa shape index (κ2) is 10.7. The van der Waals surface area contributed by atoms with Gasteiger partial charge in [-0.25, -0.2) is 9.59 Å². The van der Waals surface area contributed by atoms with Crippen LogP contribution in [-0.4, -0.2) is 65.3 Å². The third kappa shape index (κ3) is 5.37. The summed E-state index contributed by atoms with van der Waals surface area (Å²) in [6, 6.07) is 11.9. The van der Waals surface area contributed by atoms with Gasteiger partial charge in [0.2, 0.25) is 5.91 Å². The SMILES string of the molecule is CN(C(=O)O)c1ccc(C(=O)N[C@@H](Cc2cc(C3CC3)no2)C(=O)N2CCC3(C2)OC(=O)Nc2ccc(Cl)cc23)cc1. The van der Waals surface area contributed by atoms with Crippen LogP contribution < -0.4 is 15.5 Å². The molecule has 0 radical (unpaired) electrons. The highest BCUT2D eigenvalue weighted by molar-refractivity contribution is 6.30. The molecule has 2 fully saturated rings. The Morgan fingerprint density at radius 3 is 2.69 bits per heavy atom. The number of carboxylic acid groups (broad SMARTS) is 1. The highest BCUT2D eigenvalue weighted by Gasteiger charge is 2.49. The smallest absolute Gasteiger partial charge is 0.412 e. The molecule has 3 heterocycles. The van der Waals surface area contributed by atoms with E-state index in [1.165, 1.54) is 31.3 Å². The lowest BCUT2D eigenvalue weighted by molar-refractivity contribution is -0.133. The van der Waals surface area contributed by atoms with E-state index in [-0.39, 0.29) is 31.0 Å². The molecule has 12 nitrogen and oxygen atoms in total. The lowest BCUT2D eigenvalue weighted by atomic mass is 9.90. The van der Waals surface area contributed by atoms with E-state index in [1.807, 2.05) is 6.07 Å². The number of nitrogens with one attached hydrogen (secondary N) is 2. The van der Waals surface area contributed by atoms with E-state index in [4.69, 9.17) is 20.9 Å². The molecule has 1 aromatic heterocycles. The highest BCUT2D eigenvalue weighted by Crippen LogP contribution is 2.44. The second-order valence-electron chi connectivity index (χ2n) is 10.8. The third-order valence-electron chi connectivity index (χ3n) is 7.93. The summed E-state index contributed by atoms with van der Waals surface area (Å²) in [5, 5.41) is 19.3. The van der Waals surface area contributed by atoms with Gasteiger partial charge in [-0.2, -0.15) is 0 Å². The second-order valence-corrected chi connectivity index (χ2v) is 11.3. The molecule has 4 amide bonds. The van der Waals surface area contributed by atoms with Crippen LogP contribution in [0.25, 0.3) is 0 Å². The van der Waals surface area contributed by atoms with Gasteiger partial charge in [0.15, 0.2) is 5.60 Å². The Morgan fingerprint density at radius 1 is 1.21 bits per heavy atom. The Hall–Kier alpha value is -4.58. The number of likely N-dealkylation sites (tertiary alicyclic amines) is 1. The normalized spacial score (nSPS) is 20.0. The van der Waals surface area contributed by atoms with E-state index in [0.717, 1.165) is 23.4 Å². The first-order chi connectivity index (χ1) is 20.1. The van der Waals surface area contributed by atoms with Gasteiger partial charge in [0, 0.05) is 60.3 Å². The Balaban J connectivity index is 1.24. The Morgan fingerprint density at radius 2 is 1.98 bits per heavy atom. The zero-order valence-corrected chi connectivity index (χ0v) is 23.4. The fraction of sp³-hybridized carbons (Fsp3) is 0.345. The number of carbonyl (C=O) groups excluding carboxylic acids is 3. The first kappa shape index (κ1) is 27.6. The molecule has 2 atom stereocenters. The standard InChI is InChI=1S/C29H28ClN5O7/c1-34(28(39)40)19-7-4-17(5-8-19)25(36)31-24(14-20-13-23(33-42-20)16-2-3-16)26(37)35-11-10-29(15-35)21-12-18(30)6-9-22(21)32-27(38)41-29/h4-9,12-13,16,24H,2-3,10-11,14-15H2,1H3,(H,31,36)(H,32,38)(H,39,40)/t24-,29?/m0/s1. The fourth-order valence-corrected chi connectivity index (χ4v) is 5.62. The summed E-state index contributed by atoms with van der Waals surface area (Å²) in [5.74, 6) is -0.0638. The van der Waals surface area contributed by atoms with Crippen molar-refractivity contribution in [2.24, 2.45) is 0 Å². The Bertz CT molecular complexity index is 1570. The minimum atomic E-state index is -1.14. The molecule has 218 valence electrons. The van der Waals surface area contributed by atoms with Crippen molar-refractivity contribution in [2.45, 2.75) is 43.2 Å². The average Bonchev–Trinajstić information content (AvgIpc) is 3.58. The summed E-state index contributed by atoms with van der Waals surface area (Å²) in [5.41, 5.74) is 1.64. The van der Waals surface area contributed by atoms with Crippen molar-refractivity contribution in [1.82, 2.24) is 15.4 Å². The number of halogens is 1. The predicted octanol–water partition coefficient (Wildman–Crippen LogP) is 4.35. The molecule has 2 aromatic carbocycles. The largest absolute Gasteiger partial charge is 0.465 e. The van der Waals surface area contributed by atoms with Crippen LogP contribution in [0, 0.1) is 0 Å². The number of rotatable bonds is 7. The molecule has 42 heavy (non-hydrogen) atoms. The average molecular weight is 594 g/mol. The van der Waals surface area contributed by atoms with E-state index in [9.17, 15) is 24.3 Å². The Labute approximate surface area is 245 Å². The maximum atomic E-state index is 14.0. The predicted molar refractivity (Wildman–Crippen MR) is 151 cm³/mol. The number of aromatic nitrogens is 1. The molecular formula is C29H28ClN5O7. The maximum absolute atomic E-state index is 14.0. The molecule has 1 saturated heterocycles. The molecule has 13 heteroatoms. The van der Waals surface area contributed by atoms with Crippen LogP contribution in [0.3, 0.4) is 0 Å². The number of amides is 4. The summed E-state index contributed by atoms with van der Waals surface area (Å²) >= 11 is 6.26. The molecule has 3 N–H and O–H groups in total. The number of fused-ring (bicyclic) bond motifs is 2. The zero-order valence-electron chi connectivity index (χ0n) is 22.6. The lowest BCUT2D eigenvalue weighted by Gasteiger charge is -2.35. The van der Waals surface area contributed by atoms with Crippen molar-refractivity contribution in [2.75, 3.05) is 30.4 Å². The van der Waals surface area contributed by atoms with Gasteiger partial charge in [-0.1, -0.05) is 16.8 Å². The summed E-state index contributed by atoms with van der Waals surface area (Å²) in [4.78, 5) is 53.5. The van der Waals surface area contributed by atoms with Gasteiger partial charge in [0.05, 0.1) is 17.9 Å². The van der Waals surface area contributed by atoms with Crippen LogP contribution in [0.15, 0.2) is 53.1 Å². The summed E-state index contributed by atoms with van der Waals surface area (Å²) in [7, 11) is 1.40. The van der Waals surface area contributed by atoms with Gasteiger partial charge in [-0.3, -0.25) is 19.8 Å². The molecule has 2 aliphatic heterocycles. The molecule has 1 saturated carbocycles. The number of benzene rings is 2. The van der Waals surface area contributed by atoms with Gasteiger partial charge >= 0.3 is 12.2 Å². The lowest BCUT2D eigenvalue weighted by Crippen LogP contribution is -2.50. The quantitative estimate of drug-likeness (QED) is 0.365. The van der Waals surface area contributed by atoms with Gasteiger partial charge in [-0.05, 0) is 55.3 Å². The summed E-state index contributed by atoms with van der Waals surface area (Å²) in [6.07, 6.45) is 0.739. The van der Waals surface area contributed by atoms with Gasteiger partial charge in [0.25, 0.3) is 5.91 Å². The monoisotopic (exact) mass is 593 g/mol. The van der Waals surface area contributed by atoms with Crippen LogP contribution in [0.5, 0.6) is 0 Å². The molecule has 1 unspecified atom stereocenters. The molecule has 1 aliphatic carbocycles. The topological polar surface area (TPSA) is 154 Å². The molecule has 6 rings (SSSR count). The van der Waals surface area contributed by atoms with Crippen molar-refractivity contribution in [3.63, 3.8) is 0 Å². The number of hydrogen-bond acceptors (Lipinski definition) is 7. The van der Waals surface area contributed by atoms with Crippen molar-refractivity contribution in [3.8, 4) is 0 Å². The van der Waals surface area contributed by atoms with Crippen LogP contribution in [0.2, 0.25) is 5.02 Å². The fourth-order valence-electron chi connectivity index (χ4n) is 5.45. The van der Waals surface area contributed by atoms with Crippen LogP contribution in [0.4, 0.5) is 21.0 Å². The van der Waals surface area contributed by atoms with Crippen molar-refractivity contribution < 1.29 is 33.5 Å². The van der Waals surface area contributed by atoms with E-state index >= 15 is 0 Å². The summed E-state index contributed by atoms with van der Waals surface area (Å²) < 4.78 is 11.3. The highest BCUT2D eigenvalue weighted by atomic mass is 35.5. The van der Waals surface area contributed by atoms with E-state index < -0.39 is 29.7 Å². The Kier molecular flexibility index (Phi) is 7.01. The van der Waals surface area contributed by atoms with E-state index in [2.05, 4.69) is 15.8 Å². The first-order valence-corrected chi connectivity index (χ1v) is 13.9. The van der Waals surface area contributed by atoms with Crippen LogP contribution in [-0.2, 0) is 21.6 Å². The number of nitrogens with zero attached hydrogens (tertiary/aromatic N) is 3. The van der Waals surface area contributed by atoms with Crippen molar-refractivity contribution in [3.05, 3.63) is 76.1 Å². The van der Waals surface area contributed by atoms with Crippen LogP contribution >= 0.6 is 11.6 Å². The number of anilines is 2. The maximum Gasteiger partial charge on any atom is 0.412 e. The molecule has 0 bridgehead atoms. The van der Waals surface area contributed by atoms with Gasteiger partial charge in [-0.15, -0.1) is 0 Å². The number of carbonyl (C=O) groups is 4. The third-order valence-corrected chi connectivity index (χ3v) is 8.16. The van der Waals surface area contributed by atoms with Crippen molar-refractivity contribution in [1.29, 1.82) is 0 Å². The van der Waals surface area contributed by atoms with E-state index in [0.29, 0.717) is 40.1 Å². The zero-order chi connectivity index (χ0) is 29.6. The molecule has 3 aliphatic rings.